The van der Waals surface area contributed by atoms with Crippen LogP contribution in [-0.2, 0) is 6.54 Å². The number of nitrogens with two attached hydrogens (primary N) is 1. The first-order valence-corrected chi connectivity index (χ1v) is 3.39. The molecule has 0 radical (unpaired) electrons. The van der Waals surface area contributed by atoms with Crippen molar-refractivity contribution in [2.45, 2.75) is 6.54 Å². The Hall–Kier alpha value is -1.42. The smallest absolute Gasteiger partial charge is 0.101 e. The minimum Gasteiger partial charge on any atom is -0.360 e. The lowest BCUT2D eigenvalue weighted by Gasteiger charge is -1.94. The summed E-state index contributed by atoms with van der Waals surface area (Å²) in [5, 5.41) is 8.75. The summed E-state index contributed by atoms with van der Waals surface area (Å²) in [7, 11) is 0. The van der Waals surface area contributed by atoms with Crippen LogP contribution in [0.25, 0.3) is 10.9 Å². The standard InChI is InChI=1S/C7H8N4/c8-3-6-7-5(1-2-9-7)4-10-11-6/h1-2,4,9H,3,8H2. The minimum atomic E-state index is 0.421. The molecule has 0 aliphatic rings. The summed E-state index contributed by atoms with van der Waals surface area (Å²) in [5.74, 6) is 0. The molecule has 0 aromatic carbocycles. The molecule has 0 saturated carbocycles. The summed E-state index contributed by atoms with van der Waals surface area (Å²) >= 11 is 0. The molecule has 0 unspecified atom stereocenters. The Morgan fingerprint density at radius 1 is 1.55 bits per heavy atom. The van der Waals surface area contributed by atoms with Gasteiger partial charge in [0.2, 0.25) is 0 Å². The summed E-state index contributed by atoms with van der Waals surface area (Å²) in [6.45, 7) is 0.421. The molecular weight excluding hydrogens is 140 g/mol. The summed E-state index contributed by atoms with van der Waals surface area (Å²) < 4.78 is 0. The van der Waals surface area contributed by atoms with E-state index in [0.717, 1.165) is 16.6 Å². The number of rotatable bonds is 1. The van der Waals surface area contributed by atoms with Crippen LogP contribution in [0.1, 0.15) is 5.69 Å². The van der Waals surface area contributed by atoms with Crippen LogP contribution in [0.15, 0.2) is 18.5 Å². The Labute approximate surface area is 63.4 Å². The monoisotopic (exact) mass is 148 g/mol. The summed E-state index contributed by atoms with van der Waals surface area (Å²) in [5.41, 5.74) is 7.25. The second-order valence-electron chi connectivity index (χ2n) is 2.30. The van der Waals surface area contributed by atoms with Crippen molar-refractivity contribution in [1.29, 1.82) is 0 Å². The van der Waals surface area contributed by atoms with Gasteiger partial charge in [-0.25, -0.2) is 0 Å². The van der Waals surface area contributed by atoms with Gasteiger partial charge in [-0.2, -0.15) is 10.2 Å². The van der Waals surface area contributed by atoms with Crippen molar-refractivity contribution in [3.63, 3.8) is 0 Å². The van der Waals surface area contributed by atoms with Gasteiger partial charge >= 0.3 is 0 Å². The van der Waals surface area contributed by atoms with Crippen molar-refractivity contribution in [1.82, 2.24) is 15.2 Å². The van der Waals surface area contributed by atoms with E-state index in [4.69, 9.17) is 5.73 Å². The molecule has 2 aromatic heterocycles. The zero-order valence-corrected chi connectivity index (χ0v) is 5.91. The van der Waals surface area contributed by atoms with Crippen molar-refractivity contribution in [3.8, 4) is 0 Å². The van der Waals surface area contributed by atoms with Crippen LogP contribution in [0.4, 0.5) is 0 Å². The van der Waals surface area contributed by atoms with E-state index < -0.39 is 0 Å². The second kappa shape index (κ2) is 2.32. The van der Waals surface area contributed by atoms with Crippen LogP contribution in [-0.4, -0.2) is 15.2 Å². The van der Waals surface area contributed by atoms with Gasteiger partial charge in [0, 0.05) is 18.1 Å². The molecule has 11 heavy (non-hydrogen) atoms. The zero-order chi connectivity index (χ0) is 7.68. The number of nitrogens with one attached hydrogen (secondary N) is 1. The topological polar surface area (TPSA) is 67.6 Å². The van der Waals surface area contributed by atoms with Crippen LogP contribution < -0.4 is 5.73 Å². The molecule has 3 N–H and O–H groups in total. The average molecular weight is 148 g/mol. The Morgan fingerprint density at radius 3 is 3.27 bits per heavy atom. The molecule has 0 saturated heterocycles. The van der Waals surface area contributed by atoms with E-state index in [9.17, 15) is 0 Å². The lowest BCUT2D eigenvalue weighted by atomic mass is 10.3. The van der Waals surface area contributed by atoms with Crippen LogP contribution in [0.3, 0.4) is 0 Å². The van der Waals surface area contributed by atoms with E-state index in [1.807, 2.05) is 12.3 Å². The van der Waals surface area contributed by atoms with Crippen molar-refractivity contribution < 1.29 is 0 Å². The number of aromatic nitrogens is 3. The highest BCUT2D eigenvalue weighted by Crippen LogP contribution is 2.11. The van der Waals surface area contributed by atoms with Gasteiger partial charge in [0.1, 0.15) is 5.69 Å². The molecule has 56 valence electrons. The fourth-order valence-corrected chi connectivity index (χ4v) is 1.09. The molecule has 0 aliphatic heterocycles. The van der Waals surface area contributed by atoms with Gasteiger partial charge in [-0.1, -0.05) is 0 Å². The average Bonchev–Trinajstić information content (AvgIpc) is 2.50. The number of hydrogen-bond donors (Lipinski definition) is 2. The fraction of sp³-hybridized carbons (Fsp3) is 0.143. The number of aromatic amines is 1. The Balaban J connectivity index is 2.79. The van der Waals surface area contributed by atoms with E-state index in [-0.39, 0.29) is 0 Å². The normalized spacial score (nSPS) is 10.6. The zero-order valence-electron chi connectivity index (χ0n) is 5.91. The van der Waals surface area contributed by atoms with Crippen molar-refractivity contribution in [2.75, 3.05) is 0 Å². The second-order valence-corrected chi connectivity index (χ2v) is 2.30. The van der Waals surface area contributed by atoms with Crippen molar-refractivity contribution in [2.24, 2.45) is 5.73 Å². The minimum absolute atomic E-state index is 0.421. The highest BCUT2D eigenvalue weighted by molar-refractivity contribution is 5.79. The molecule has 2 rings (SSSR count). The quantitative estimate of drug-likeness (QED) is 0.615. The largest absolute Gasteiger partial charge is 0.360 e. The molecule has 2 heterocycles. The molecule has 0 aliphatic carbocycles. The van der Waals surface area contributed by atoms with Gasteiger partial charge in [0.05, 0.1) is 11.7 Å². The SMILES string of the molecule is NCc1nncc2cc[nH]c12. The predicted molar refractivity (Wildman–Crippen MR) is 41.8 cm³/mol. The third kappa shape index (κ3) is 0.877. The number of fused-ring (bicyclic) bond motifs is 1. The number of nitrogens with zero attached hydrogens (tertiary/aromatic N) is 2. The maximum absolute atomic E-state index is 5.45. The van der Waals surface area contributed by atoms with E-state index in [2.05, 4.69) is 15.2 Å². The summed E-state index contributed by atoms with van der Waals surface area (Å²) in [6, 6.07) is 1.95. The van der Waals surface area contributed by atoms with Gasteiger partial charge in [-0.15, -0.1) is 0 Å². The maximum atomic E-state index is 5.45. The van der Waals surface area contributed by atoms with Crippen molar-refractivity contribution >= 4 is 10.9 Å². The highest BCUT2D eigenvalue weighted by Gasteiger charge is 2.00. The van der Waals surface area contributed by atoms with Crippen LogP contribution >= 0.6 is 0 Å². The Morgan fingerprint density at radius 2 is 2.45 bits per heavy atom. The number of hydrogen-bond acceptors (Lipinski definition) is 3. The van der Waals surface area contributed by atoms with E-state index in [1.54, 1.807) is 6.20 Å². The molecule has 0 atom stereocenters. The molecule has 4 heteroatoms. The number of H-pyrrole nitrogens is 1. The summed E-state index contributed by atoms with van der Waals surface area (Å²) in [4.78, 5) is 3.06. The third-order valence-corrected chi connectivity index (χ3v) is 1.64. The molecule has 0 spiro atoms. The molecular formula is C7H8N4. The van der Waals surface area contributed by atoms with Gasteiger partial charge in [0.15, 0.2) is 0 Å². The van der Waals surface area contributed by atoms with E-state index >= 15 is 0 Å². The lowest BCUT2D eigenvalue weighted by molar-refractivity contribution is 0.914. The van der Waals surface area contributed by atoms with Gasteiger partial charge in [0.25, 0.3) is 0 Å². The van der Waals surface area contributed by atoms with E-state index in [1.165, 1.54) is 0 Å². The Kier molecular flexibility index (Phi) is 1.33. The molecule has 0 bridgehead atoms. The van der Waals surface area contributed by atoms with Gasteiger partial charge in [-0.05, 0) is 6.07 Å². The maximum Gasteiger partial charge on any atom is 0.101 e. The fourth-order valence-electron chi connectivity index (χ4n) is 1.09. The predicted octanol–water partition coefficient (Wildman–Crippen LogP) is 0.417. The molecule has 0 amide bonds. The highest BCUT2D eigenvalue weighted by atomic mass is 15.1. The van der Waals surface area contributed by atoms with E-state index in [0.29, 0.717) is 6.54 Å². The third-order valence-electron chi connectivity index (χ3n) is 1.64. The molecule has 2 aromatic rings. The van der Waals surface area contributed by atoms with Crippen LogP contribution in [0, 0.1) is 0 Å². The Bertz CT molecular complexity index is 365. The van der Waals surface area contributed by atoms with Gasteiger partial charge < -0.3 is 10.7 Å². The first-order valence-electron chi connectivity index (χ1n) is 3.39. The molecule has 4 nitrogen and oxygen atoms in total. The summed E-state index contributed by atoms with van der Waals surface area (Å²) in [6.07, 6.45) is 3.57. The molecule has 0 fully saturated rings. The van der Waals surface area contributed by atoms with Gasteiger partial charge in [-0.3, -0.25) is 0 Å². The van der Waals surface area contributed by atoms with Crippen molar-refractivity contribution in [3.05, 3.63) is 24.2 Å². The first-order chi connectivity index (χ1) is 5.42. The lowest BCUT2D eigenvalue weighted by Crippen LogP contribution is -2.01. The first kappa shape index (κ1) is 6.30. The van der Waals surface area contributed by atoms with Crippen LogP contribution in [0.5, 0.6) is 0 Å². The van der Waals surface area contributed by atoms with Crippen LogP contribution in [0.2, 0.25) is 0 Å².